The van der Waals surface area contributed by atoms with Crippen LogP contribution in [0, 0.1) is 5.82 Å². The molecule has 0 spiro atoms. The largest absolute Gasteiger partial charge is 0.487 e. The number of carbonyl (C=O) groups excluding carboxylic acids is 1. The number of aromatic nitrogens is 4. The summed E-state index contributed by atoms with van der Waals surface area (Å²) in [5.74, 6) is 0.337. The van der Waals surface area contributed by atoms with Gasteiger partial charge >= 0.3 is 0 Å². The third-order valence-electron chi connectivity index (χ3n) is 4.57. The normalized spacial score (nSPS) is 17.4. The molecule has 1 aliphatic rings. The summed E-state index contributed by atoms with van der Waals surface area (Å²) in [4.78, 5) is 10.6. The van der Waals surface area contributed by atoms with Crippen LogP contribution in [0.5, 0.6) is 5.75 Å². The van der Waals surface area contributed by atoms with Crippen LogP contribution in [0.25, 0.3) is 16.8 Å². The minimum absolute atomic E-state index is 0.0744. The smallest absolute Gasteiger partial charge is 0.212 e. The van der Waals surface area contributed by atoms with E-state index < -0.39 is 5.82 Å². The van der Waals surface area contributed by atoms with E-state index in [2.05, 4.69) is 20.8 Å². The van der Waals surface area contributed by atoms with E-state index in [4.69, 9.17) is 9.47 Å². The number of fused-ring (bicyclic) bond motifs is 1. The second-order valence-corrected chi connectivity index (χ2v) is 6.54. The van der Waals surface area contributed by atoms with Crippen LogP contribution in [-0.4, -0.2) is 58.2 Å². The number of halogens is 1. The molecule has 0 unspecified atom stereocenters. The molecular formula is C18H21FN6O3. The predicted molar refractivity (Wildman–Crippen MR) is 99.8 cm³/mol. The first-order chi connectivity index (χ1) is 13.7. The van der Waals surface area contributed by atoms with Crippen molar-refractivity contribution in [2.24, 2.45) is 7.05 Å². The van der Waals surface area contributed by atoms with E-state index >= 15 is 0 Å². The van der Waals surface area contributed by atoms with Crippen molar-refractivity contribution in [3.63, 3.8) is 0 Å². The average Bonchev–Trinajstić information content (AvgIpc) is 3.11. The van der Waals surface area contributed by atoms with Crippen molar-refractivity contribution >= 4 is 17.7 Å². The molecule has 3 aromatic heterocycles. The molecule has 3 aromatic rings. The first-order valence-corrected chi connectivity index (χ1v) is 9.02. The topological polar surface area (TPSA) is 94.7 Å². The molecule has 148 valence electrons. The molecule has 0 aromatic carbocycles. The van der Waals surface area contributed by atoms with Gasteiger partial charge in [-0.15, -0.1) is 5.10 Å². The molecule has 4 heterocycles. The highest BCUT2D eigenvalue weighted by atomic mass is 19.1. The lowest BCUT2D eigenvalue weighted by atomic mass is 10.1. The van der Waals surface area contributed by atoms with Crippen LogP contribution in [0.1, 0.15) is 6.42 Å². The summed E-state index contributed by atoms with van der Waals surface area (Å²) in [7, 11) is 1.73. The molecule has 2 N–H and O–H groups in total. The number of rotatable bonds is 6. The Labute approximate surface area is 160 Å². The van der Waals surface area contributed by atoms with Crippen LogP contribution in [0.3, 0.4) is 0 Å². The zero-order valence-corrected chi connectivity index (χ0v) is 15.4. The molecule has 1 aliphatic heterocycles. The van der Waals surface area contributed by atoms with E-state index in [0.717, 1.165) is 13.0 Å². The Bertz CT molecular complexity index is 977. The van der Waals surface area contributed by atoms with Gasteiger partial charge in [0, 0.05) is 31.8 Å². The molecule has 1 fully saturated rings. The van der Waals surface area contributed by atoms with Crippen molar-refractivity contribution < 1.29 is 18.7 Å². The molecule has 0 aliphatic carbocycles. The highest BCUT2D eigenvalue weighted by Crippen LogP contribution is 2.32. The van der Waals surface area contributed by atoms with Gasteiger partial charge in [-0.1, -0.05) is 0 Å². The number of amides is 1. The number of hydrogen-bond donors (Lipinski definition) is 2. The highest BCUT2D eigenvalue weighted by molar-refractivity contribution is 5.75. The quantitative estimate of drug-likeness (QED) is 0.617. The molecule has 1 amide bonds. The first kappa shape index (κ1) is 18.4. The summed E-state index contributed by atoms with van der Waals surface area (Å²) < 4.78 is 29.4. The molecule has 10 heteroatoms. The summed E-state index contributed by atoms with van der Waals surface area (Å²) in [6.07, 6.45) is 4.24. The maximum Gasteiger partial charge on any atom is 0.212 e. The van der Waals surface area contributed by atoms with Gasteiger partial charge < -0.3 is 20.1 Å². The molecule has 9 nitrogen and oxygen atoms in total. The van der Waals surface area contributed by atoms with Crippen LogP contribution in [0.15, 0.2) is 24.5 Å². The van der Waals surface area contributed by atoms with Gasteiger partial charge in [0.05, 0.1) is 17.9 Å². The van der Waals surface area contributed by atoms with E-state index in [1.807, 2.05) is 0 Å². The molecule has 1 atom stereocenters. The Hall–Kier alpha value is -2.98. The lowest BCUT2D eigenvalue weighted by molar-refractivity contribution is -0.105. The zero-order valence-electron chi connectivity index (χ0n) is 15.4. The summed E-state index contributed by atoms with van der Waals surface area (Å²) in [5, 5.41) is 14.1. The van der Waals surface area contributed by atoms with Gasteiger partial charge in [-0.25, -0.2) is 8.91 Å². The number of ether oxygens (including phenoxy) is 2. The standard InChI is InChI=1S/C18H21FN6O3/c1-24-18(16(8-22-24)28-10-13-7-20-3-2-4-27-13)14-5-12-6-17(21-11-26)23-25(12)9-15(14)19/h5-6,8-9,11,13,20H,2-4,7,10H2,1H3,(H,21,23,26)/t13-/m1/s1. The number of nitrogens with one attached hydrogen (secondary N) is 2. The van der Waals surface area contributed by atoms with Crippen molar-refractivity contribution in [2.75, 3.05) is 31.6 Å². The lowest BCUT2D eigenvalue weighted by Crippen LogP contribution is -2.31. The lowest BCUT2D eigenvalue weighted by Gasteiger charge is -2.16. The van der Waals surface area contributed by atoms with Gasteiger partial charge in [0.2, 0.25) is 6.41 Å². The zero-order chi connectivity index (χ0) is 19.5. The number of nitrogens with zero attached hydrogens (tertiary/aromatic N) is 4. The van der Waals surface area contributed by atoms with Crippen LogP contribution in [0.2, 0.25) is 0 Å². The van der Waals surface area contributed by atoms with E-state index in [1.165, 1.54) is 10.7 Å². The number of anilines is 1. The molecule has 0 saturated carbocycles. The second kappa shape index (κ2) is 7.95. The molecule has 1 saturated heterocycles. The van der Waals surface area contributed by atoms with Crippen molar-refractivity contribution in [3.05, 3.63) is 30.3 Å². The third kappa shape index (κ3) is 3.69. The maximum absolute atomic E-state index is 14.8. The minimum atomic E-state index is -0.478. The highest BCUT2D eigenvalue weighted by Gasteiger charge is 2.20. The van der Waals surface area contributed by atoms with Gasteiger partial charge in [0.1, 0.15) is 18.4 Å². The summed E-state index contributed by atoms with van der Waals surface area (Å²) in [6.45, 7) is 2.66. The Morgan fingerprint density at radius 3 is 3.25 bits per heavy atom. The average molecular weight is 388 g/mol. The second-order valence-electron chi connectivity index (χ2n) is 6.54. The van der Waals surface area contributed by atoms with E-state index in [1.54, 1.807) is 30.1 Å². The van der Waals surface area contributed by atoms with Gasteiger partial charge in [-0.05, 0) is 19.0 Å². The van der Waals surface area contributed by atoms with Crippen LogP contribution in [0.4, 0.5) is 10.2 Å². The molecule has 28 heavy (non-hydrogen) atoms. The van der Waals surface area contributed by atoms with Gasteiger partial charge in [0.15, 0.2) is 17.4 Å². The SMILES string of the molecule is Cn1ncc(OC[C@H]2CNCCCO2)c1-c1cc2cc(NC=O)nn2cc1F. The fourth-order valence-electron chi connectivity index (χ4n) is 3.22. The third-order valence-corrected chi connectivity index (χ3v) is 4.57. The summed E-state index contributed by atoms with van der Waals surface area (Å²) in [5.41, 5.74) is 1.48. The van der Waals surface area contributed by atoms with Crippen molar-refractivity contribution in [1.29, 1.82) is 0 Å². The number of aryl methyl sites for hydroxylation is 1. The molecule has 0 radical (unpaired) electrons. The van der Waals surface area contributed by atoms with Crippen LogP contribution in [-0.2, 0) is 16.6 Å². The fraction of sp³-hybridized carbons (Fsp3) is 0.389. The van der Waals surface area contributed by atoms with Crippen molar-refractivity contribution in [3.8, 4) is 17.0 Å². The number of pyridine rings is 1. The van der Waals surface area contributed by atoms with E-state index in [-0.39, 0.29) is 6.10 Å². The number of hydrogen-bond acceptors (Lipinski definition) is 6. The molecular weight excluding hydrogens is 367 g/mol. The molecule has 0 bridgehead atoms. The molecule has 4 rings (SSSR count). The summed E-state index contributed by atoms with van der Waals surface area (Å²) in [6, 6.07) is 3.30. The first-order valence-electron chi connectivity index (χ1n) is 9.02. The Morgan fingerprint density at radius 1 is 1.50 bits per heavy atom. The van der Waals surface area contributed by atoms with Crippen molar-refractivity contribution in [2.45, 2.75) is 12.5 Å². The Morgan fingerprint density at radius 2 is 2.39 bits per heavy atom. The summed E-state index contributed by atoms with van der Waals surface area (Å²) >= 11 is 0. The maximum atomic E-state index is 14.8. The van der Waals surface area contributed by atoms with Crippen molar-refractivity contribution in [1.82, 2.24) is 24.7 Å². The fourth-order valence-corrected chi connectivity index (χ4v) is 3.22. The van der Waals surface area contributed by atoms with Gasteiger partial charge in [0.25, 0.3) is 0 Å². The van der Waals surface area contributed by atoms with E-state index in [0.29, 0.717) is 54.5 Å². The van der Waals surface area contributed by atoms with Gasteiger partial charge in [-0.3, -0.25) is 9.48 Å². The Balaban J connectivity index is 1.62. The Kier molecular flexibility index (Phi) is 5.22. The van der Waals surface area contributed by atoms with Gasteiger partial charge in [-0.2, -0.15) is 5.10 Å². The van der Waals surface area contributed by atoms with Crippen LogP contribution >= 0.6 is 0 Å². The number of carbonyl (C=O) groups is 1. The predicted octanol–water partition coefficient (Wildman–Crippen LogP) is 1.20. The minimum Gasteiger partial charge on any atom is -0.487 e. The van der Waals surface area contributed by atoms with E-state index in [9.17, 15) is 9.18 Å². The monoisotopic (exact) mass is 388 g/mol. The van der Waals surface area contributed by atoms with Crippen LogP contribution < -0.4 is 15.4 Å².